The van der Waals surface area contributed by atoms with Crippen molar-refractivity contribution in [2.75, 3.05) is 5.73 Å². The van der Waals surface area contributed by atoms with Crippen LogP contribution < -0.4 is 16.2 Å². The predicted octanol–water partition coefficient (Wildman–Crippen LogP) is 2.17. The van der Waals surface area contributed by atoms with Gasteiger partial charge in [0.15, 0.2) is 0 Å². The lowest BCUT2D eigenvalue weighted by atomic mass is 10.1. The standard InChI is InChI=1S/C12H14N2O/c13-9-1-5-11(6-2-9)15-12-7-3-10(14)4-8-12/h1-3,5-7H,4,8,13-14H2. The summed E-state index contributed by atoms with van der Waals surface area (Å²) < 4.78 is 5.66. The fourth-order valence-electron chi connectivity index (χ4n) is 1.41. The lowest BCUT2D eigenvalue weighted by Crippen LogP contribution is -2.05. The van der Waals surface area contributed by atoms with Gasteiger partial charge in [0.05, 0.1) is 0 Å². The van der Waals surface area contributed by atoms with E-state index in [1.165, 1.54) is 0 Å². The molecule has 0 heterocycles. The van der Waals surface area contributed by atoms with E-state index in [1.54, 1.807) is 0 Å². The molecule has 0 bridgehead atoms. The lowest BCUT2D eigenvalue weighted by Gasteiger charge is -2.13. The van der Waals surface area contributed by atoms with Crippen molar-refractivity contribution in [1.29, 1.82) is 0 Å². The van der Waals surface area contributed by atoms with E-state index < -0.39 is 0 Å². The summed E-state index contributed by atoms with van der Waals surface area (Å²) in [4.78, 5) is 0. The molecule has 4 N–H and O–H groups in total. The predicted molar refractivity (Wildman–Crippen MR) is 61.1 cm³/mol. The van der Waals surface area contributed by atoms with Gasteiger partial charge in [-0.2, -0.15) is 0 Å². The number of nitrogen functional groups attached to an aromatic ring is 1. The van der Waals surface area contributed by atoms with Crippen LogP contribution in [0.4, 0.5) is 5.69 Å². The molecule has 0 fully saturated rings. The SMILES string of the molecule is NC1=CC=C(Oc2ccc(N)cc2)CC1. The molecule has 1 aliphatic rings. The average Bonchev–Trinajstić information content (AvgIpc) is 2.25. The molecule has 0 aromatic heterocycles. The molecule has 78 valence electrons. The van der Waals surface area contributed by atoms with Crippen molar-refractivity contribution >= 4 is 5.69 Å². The summed E-state index contributed by atoms with van der Waals surface area (Å²) in [5.74, 6) is 1.75. The van der Waals surface area contributed by atoms with Gasteiger partial charge in [-0.25, -0.2) is 0 Å². The molecule has 1 aromatic carbocycles. The molecule has 0 spiro atoms. The maximum absolute atomic E-state index is 5.66. The Labute approximate surface area is 89.0 Å². The number of hydrogen-bond donors (Lipinski definition) is 2. The molecule has 0 saturated heterocycles. The average molecular weight is 202 g/mol. The van der Waals surface area contributed by atoms with Crippen molar-refractivity contribution in [3.8, 4) is 5.75 Å². The number of rotatable bonds is 2. The zero-order valence-corrected chi connectivity index (χ0v) is 8.44. The Morgan fingerprint density at radius 3 is 2.27 bits per heavy atom. The highest BCUT2D eigenvalue weighted by molar-refractivity contribution is 5.42. The third-order valence-electron chi connectivity index (χ3n) is 2.27. The van der Waals surface area contributed by atoms with Gasteiger partial charge in [0.2, 0.25) is 0 Å². The monoisotopic (exact) mass is 202 g/mol. The van der Waals surface area contributed by atoms with Crippen LogP contribution in [0.2, 0.25) is 0 Å². The summed E-state index contributed by atoms with van der Waals surface area (Å²) in [6.07, 6.45) is 5.51. The zero-order valence-electron chi connectivity index (χ0n) is 8.44. The molecule has 3 heteroatoms. The fraction of sp³-hybridized carbons (Fsp3) is 0.167. The number of benzene rings is 1. The molecule has 2 rings (SSSR count). The van der Waals surface area contributed by atoms with E-state index in [0.29, 0.717) is 0 Å². The zero-order chi connectivity index (χ0) is 10.7. The van der Waals surface area contributed by atoms with Crippen molar-refractivity contribution < 1.29 is 4.74 Å². The smallest absolute Gasteiger partial charge is 0.127 e. The van der Waals surface area contributed by atoms with E-state index in [4.69, 9.17) is 16.2 Å². The summed E-state index contributed by atoms with van der Waals surface area (Å²) in [6.45, 7) is 0. The van der Waals surface area contributed by atoms with E-state index in [0.717, 1.165) is 35.7 Å². The molecule has 15 heavy (non-hydrogen) atoms. The van der Waals surface area contributed by atoms with Crippen LogP contribution in [0.15, 0.2) is 47.9 Å². The van der Waals surface area contributed by atoms with Crippen molar-refractivity contribution in [2.24, 2.45) is 5.73 Å². The number of anilines is 1. The molecule has 0 radical (unpaired) electrons. The molecule has 0 amide bonds. The highest BCUT2D eigenvalue weighted by Crippen LogP contribution is 2.21. The van der Waals surface area contributed by atoms with Crippen LogP contribution >= 0.6 is 0 Å². The minimum absolute atomic E-state index is 0.740. The van der Waals surface area contributed by atoms with E-state index in [2.05, 4.69) is 0 Å². The Morgan fingerprint density at radius 2 is 1.67 bits per heavy atom. The van der Waals surface area contributed by atoms with Crippen LogP contribution in [0.5, 0.6) is 5.75 Å². The van der Waals surface area contributed by atoms with Crippen LogP contribution in [0.3, 0.4) is 0 Å². The lowest BCUT2D eigenvalue weighted by molar-refractivity contribution is 0.400. The van der Waals surface area contributed by atoms with Crippen LogP contribution in [-0.2, 0) is 0 Å². The maximum Gasteiger partial charge on any atom is 0.127 e. The summed E-state index contributed by atoms with van der Waals surface area (Å²) in [5, 5.41) is 0. The van der Waals surface area contributed by atoms with Gasteiger partial charge >= 0.3 is 0 Å². The van der Waals surface area contributed by atoms with Crippen molar-refractivity contribution in [2.45, 2.75) is 12.8 Å². The summed E-state index contributed by atoms with van der Waals surface area (Å²) in [7, 11) is 0. The Balaban J connectivity index is 2.06. The first kappa shape index (κ1) is 9.65. The Morgan fingerprint density at radius 1 is 0.933 bits per heavy atom. The van der Waals surface area contributed by atoms with E-state index in [-0.39, 0.29) is 0 Å². The molecule has 1 aliphatic carbocycles. The van der Waals surface area contributed by atoms with Crippen molar-refractivity contribution in [1.82, 2.24) is 0 Å². The number of nitrogens with two attached hydrogens (primary N) is 2. The summed E-state index contributed by atoms with van der Waals surface area (Å²) >= 11 is 0. The molecule has 0 unspecified atom stereocenters. The fourth-order valence-corrected chi connectivity index (χ4v) is 1.41. The van der Waals surface area contributed by atoms with Crippen molar-refractivity contribution in [3.63, 3.8) is 0 Å². The molecular formula is C12H14N2O. The third-order valence-corrected chi connectivity index (χ3v) is 2.27. The minimum atomic E-state index is 0.740. The topological polar surface area (TPSA) is 61.3 Å². The third kappa shape index (κ3) is 2.53. The minimum Gasteiger partial charge on any atom is -0.462 e. The Bertz CT molecular complexity index is 404. The van der Waals surface area contributed by atoms with Gasteiger partial charge in [0.1, 0.15) is 11.5 Å². The number of allylic oxidation sites excluding steroid dienone is 4. The second-order valence-corrected chi connectivity index (χ2v) is 3.55. The molecule has 0 atom stereocenters. The summed E-state index contributed by atoms with van der Waals surface area (Å²) in [5.41, 5.74) is 12.9. The van der Waals surface area contributed by atoms with Crippen LogP contribution in [0.25, 0.3) is 0 Å². The van der Waals surface area contributed by atoms with Crippen LogP contribution in [0.1, 0.15) is 12.8 Å². The normalized spacial score (nSPS) is 15.5. The first-order valence-corrected chi connectivity index (χ1v) is 4.92. The second-order valence-electron chi connectivity index (χ2n) is 3.55. The van der Waals surface area contributed by atoms with Crippen LogP contribution in [0, 0.1) is 0 Å². The van der Waals surface area contributed by atoms with E-state index in [1.807, 2.05) is 36.4 Å². The molecule has 3 nitrogen and oxygen atoms in total. The number of hydrogen-bond acceptors (Lipinski definition) is 3. The first-order valence-electron chi connectivity index (χ1n) is 4.92. The molecule has 0 saturated carbocycles. The van der Waals surface area contributed by atoms with Gasteiger partial charge in [0.25, 0.3) is 0 Å². The highest BCUT2D eigenvalue weighted by Gasteiger charge is 2.05. The maximum atomic E-state index is 5.66. The van der Waals surface area contributed by atoms with Gasteiger partial charge in [0, 0.05) is 17.8 Å². The second kappa shape index (κ2) is 4.09. The molecule has 0 aliphatic heterocycles. The van der Waals surface area contributed by atoms with E-state index in [9.17, 15) is 0 Å². The van der Waals surface area contributed by atoms with Gasteiger partial charge in [-0.3, -0.25) is 0 Å². The Kier molecular flexibility index (Phi) is 2.63. The van der Waals surface area contributed by atoms with Crippen LogP contribution in [-0.4, -0.2) is 0 Å². The van der Waals surface area contributed by atoms with Crippen molar-refractivity contribution in [3.05, 3.63) is 47.9 Å². The largest absolute Gasteiger partial charge is 0.462 e. The Hall–Kier alpha value is -1.90. The number of ether oxygens (including phenoxy) is 1. The first-order chi connectivity index (χ1) is 7.24. The highest BCUT2D eigenvalue weighted by atomic mass is 16.5. The van der Waals surface area contributed by atoms with Gasteiger partial charge in [-0.05, 0) is 42.8 Å². The van der Waals surface area contributed by atoms with Gasteiger partial charge in [-0.15, -0.1) is 0 Å². The molecular weight excluding hydrogens is 188 g/mol. The van der Waals surface area contributed by atoms with E-state index >= 15 is 0 Å². The van der Waals surface area contributed by atoms with Gasteiger partial charge in [-0.1, -0.05) is 0 Å². The van der Waals surface area contributed by atoms with Gasteiger partial charge < -0.3 is 16.2 Å². The quantitative estimate of drug-likeness (QED) is 0.722. The molecule has 1 aromatic rings. The summed E-state index contributed by atoms with van der Waals surface area (Å²) in [6, 6.07) is 7.36.